The van der Waals surface area contributed by atoms with E-state index in [9.17, 15) is 5.11 Å². The first-order valence-corrected chi connectivity index (χ1v) is 13.5. The molecule has 3 aromatic heterocycles. The SMILES string of the molecule is Cn1c(-c2cccnc2O)nc2c(-c3cccc(-c4cc(-c5ccc(-c6ccccc6)cc5)ccn4)c3)cccc21. The highest BCUT2D eigenvalue weighted by atomic mass is 16.3. The molecule has 0 saturated heterocycles. The van der Waals surface area contributed by atoms with Crippen molar-refractivity contribution in [2.45, 2.75) is 0 Å². The number of pyridine rings is 2. The maximum absolute atomic E-state index is 10.4. The fourth-order valence-corrected chi connectivity index (χ4v) is 5.36. The zero-order valence-electron chi connectivity index (χ0n) is 22.4. The highest BCUT2D eigenvalue weighted by molar-refractivity contribution is 5.95. The minimum Gasteiger partial charge on any atom is -0.493 e. The minimum absolute atomic E-state index is 0.0323. The van der Waals surface area contributed by atoms with Crippen LogP contribution in [0.25, 0.3) is 67.1 Å². The van der Waals surface area contributed by atoms with Crippen LogP contribution in [0.5, 0.6) is 5.88 Å². The first-order valence-electron chi connectivity index (χ1n) is 13.5. The van der Waals surface area contributed by atoms with E-state index in [1.807, 2.05) is 42.1 Å². The van der Waals surface area contributed by atoms with Gasteiger partial charge in [-0.1, -0.05) is 84.9 Å². The molecule has 0 bridgehead atoms. The van der Waals surface area contributed by atoms with Crippen molar-refractivity contribution in [1.82, 2.24) is 19.5 Å². The molecular weight excluding hydrogens is 504 g/mol. The third-order valence-corrected chi connectivity index (χ3v) is 7.49. The quantitative estimate of drug-likeness (QED) is 0.243. The molecule has 0 spiro atoms. The average molecular weight is 531 g/mol. The molecule has 3 heterocycles. The highest BCUT2D eigenvalue weighted by Crippen LogP contribution is 2.35. The van der Waals surface area contributed by atoms with Crippen LogP contribution in [-0.2, 0) is 7.05 Å². The molecule has 5 heteroatoms. The smallest absolute Gasteiger partial charge is 0.222 e. The fourth-order valence-electron chi connectivity index (χ4n) is 5.36. The van der Waals surface area contributed by atoms with Crippen LogP contribution < -0.4 is 0 Å². The van der Waals surface area contributed by atoms with Crippen molar-refractivity contribution < 1.29 is 5.11 Å². The number of hydrogen-bond donors (Lipinski definition) is 1. The molecule has 0 amide bonds. The lowest BCUT2D eigenvalue weighted by Crippen LogP contribution is -1.93. The largest absolute Gasteiger partial charge is 0.493 e. The van der Waals surface area contributed by atoms with Gasteiger partial charge in [-0.2, -0.15) is 0 Å². The summed E-state index contributed by atoms with van der Waals surface area (Å²) in [7, 11) is 1.96. The summed E-state index contributed by atoms with van der Waals surface area (Å²) in [4.78, 5) is 13.7. The number of aromatic hydroxyl groups is 1. The Morgan fingerprint density at radius 3 is 2.02 bits per heavy atom. The zero-order valence-corrected chi connectivity index (χ0v) is 22.4. The third-order valence-electron chi connectivity index (χ3n) is 7.49. The Balaban J connectivity index is 1.25. The molecule has 0 aliphatic rings. The number of imidazole rings is 1. The van der Waals surface area contributed by atoms with Gasteiger partial charge in [0.2, 0.25) is 5.88 Å². The third kappa shape index (κ3) is 4.53. The van der Waals surface area contributed by atoms with E-state index in [-0.39, 0.29) is 5.88 Å². The predicted octanol–water partition coefficient (Wildman–Crippen LogP) is 8.40. The van der Waals surface area contributed by atoms with E-state index in [0.717, 1.165) is 44.5 Å². The van der Waals surface area contributed by atoms with Crippen molar-refractivity contribution in [3.05, 3.63) is 134 Å². The number of hydrogen-bond acceptors (Lipinski definition) is 4. The van der Waals surface area contributed by atoms with Gasteiger partial charge in [-0.15, -0.1) is 0 Å². The van der Waals surface area contributed by atoms with Gasteiger partial charge in [0, 0.05) is 30.6 Å². The number of rotatable bonds is 5. The van der Waals surface area contributed by atoms with Crippen molar-refractivity contribution in [3.63, 3.8) is 0 Å². The zero-order chi connectivity index (χ0) is 27.8. The van der Waals surface area contributed by atoms with Crippen molar-refractivity contribution >= 4 is 11.0 Å². The molecule has 7 rings (SSSR count). The van der Waals surface area contributed by atoms with Crippen molar-refractivity contribution in [1.29, 1.82) is 0 Å². The predicted molar refractivity (Wildman–Crippen MR) is 165 cm³/mol. The molecule has 0 unspecified atom stereocenters. The van der Waals surface area contributed by atoms with Crippen LogP contribution in [0.4, 0.5) is 0 Å². The summed E-state index contributed by atoms with van der Waals surface area (Å²) in [6, 6.07) is 41.5. The summed E-state index contributed by atoms with van der Waals surface area (Å²) in [5, 5.41) is 10.4. The Labute approximate surface area is 238 Å². The van der Waals surface area contributed by atoms with Gasteiger partial charge in [0.25, 0.3) is 0 Å². The second kappa shape index (κ2) is 10.2. The summed E-state index contributed by atoms with van der Waals surface area (Å²) in [5.41, 5.74) is 11.1. The molecule has 0 fully saturated rings. The second-order valence-electron chi connectivity index (χ2n) is 10.00. The normalized spacial score (nSPS) is 11.1. The molecule has 196 valence electrons. The molecule has 0 saturated carbocycles. The lowest BCUT2D eigenvalue weighted by atomic mass is 9.98. The van der Waals surface area contributed by atoms with Crippen LogP contribution in [-0.4, -0.2) is 24.6 Å². The first-order chi connectivity index (χ1) is 20.2. The van der Waals surface area contributed by atoms with Crippen LogP contribution in [0.15, 0.2) is 134 Å². The van der Waals surface area contributed by atoms with Crippen LogP contribution in [0.3, 0.4) is 0 Å². The van der Waals surface area contributed by atoms with Gasteiger partial charge in [-0.05, 0) is 64.2 Å². The Bertz CT molecular complexity index is 2010. The summed E-state index contributed by atoms with van der Waals surface area (Å²) in [6.45, 7) is 0. The van der Waals surface area contributed by atoms with E-state index in [1.165, 1.54) is 11.1 Å². The van der Waals surface area contributed by atoms with Gasteiger partial charge in [0.1, 0.15) is 5.82 Å². The van der Waals surface area contributed by atoms with Crippen molar-refractivity contribution in [2.75, 3.05) is 0 Å². The van der Waals surface area contributed by atoms with Crippen LogP contribution in [0, 0.1) is 0 Å². The first kappa shape index (κ1) is 24.5. The topological polar surface area (TPSA) is 63.8 Å². The molecule has 5 nitrogen and oxygen atoms in total. The van der Waals surface area contributed by atoms with E-state index in [2.05, 4.69) is 96.0 Å². The minimum atomic E-state index is -0.0323. The van der Waals surface area contributed by atoms with Gasteiger partial charge >= 0.3 is 0 Å². The summed E-state index contributed by atoms with van der Waals surface area (Å²) in [6.07, 6.45) is 3.44. The maximum atomic E-state index is 10.4. The number of benzene rings is 4. The molecule has 0 aliphatic heterocycles. The Morgan fingerprint density at radius 2 is 1.22 bits per heavy atom. The standard InChI is InChI=1S/C36H26N4O/c1-40-33-14-6-12-30(34(33)39-35(40)31-13-7-20-38-36(31)41)28-10-5-11-29(22-28)32-23-27(19-21-37-32)26-17-15-25(16-18-26)24-8-3-2-4-9-24/h2-23H,1H3,(H,38,41). The molecule has 41 heavy (non-hydrogen) atoms. The average Bonchev–Trinajstić information content (AvgIpc) is 3.38. The Kier molecular flexibility index (Phi) is 6.10. The molecular formula is C36H26N4O. The molecule has 0 aliphatic carbocycles. The Morgan fingerprint density at radius 1 is 0.537 bits per heavy atom. The maximum Gasteiger partial charge on any atom is 0.222 e. The molecule has 4 aromatic carbocycles. The summed E-state index contributed by atoms with van der Waals surface area (Å²) >= 11 is 0. The van der Waals surface area contributed by atoms with Gasteiger partial charge in [0.05, 0.1) is 22.3 Å². The van der Waals surface area contributed by atoms with Crippen LogP contribution >= 0.6 is 0 Å². The number of fused-ring (bicyclic) bond motifs is 1. The van der Waals surface area contributed by atoms with E-state index >= 15 is 0 Å². The Hall–Kier alpha value is -5.55. The fraction of sp³-hybridized carbons (Fsp3) is 0.0278. The lowest BCUT2D eigenvalue weighted by molar-refractivity contribution is 0.455. The van der Waals surface area contributed by atoms with Crippen molar-refractivity contribution in [2.24, 2.45) is 7.05 Å². The van der Waals surface area contributed by atoms with Gasteiger partial charge < -0.3 is 9.67 Å². The molecule has 0 radical (unpaired) electrons. The number of nitrogens with zero attached hydrogens (tertiary/aromatic N) is 4. The van der Waals surface area contributed by atoms with E-state index in [1.54, 1.807) is 12.3 Å². The monoisotopic (exact) mass is 530 g/mol. The lowest BCUT2D eigenvalue weighted by Gasteiger charge is -2.09. The van der Waals surface area contributed by atoms with Gasteiger partial charge in [-0.3, -0.25) is 4.98 Å². The second-order valence-corrected chi connectivity index (χ2v) is 10.00. The van der Waals surface area contributed by atoms with Crippen molar-refractivity contribution in [3.8, 4) is 61.9 Å². The van der Waals surface area contributed by atoms with E-state index in [0.29, 0.717) is 11.4 Å². The van der Waals surface area contributed by atoms with E-state index < -0.39 is 0 Å². The van der Waals surface area contributed by atoms with Gasteiger partial charge in [-0.25, -0.2) is 9.97 Å². The number of aryl methyl sites for hydroxylation is 1. The highest BCUT2D eigenvalue weighted by Gasteiger charge is 2.17. The van der Waals surface area contributed by atoms with E-state index in [4.69, 9.17) is 9.97 Å². The summed E-state index contributed by atoms with van der Waals surface area (Å²) < 4.78 is 1.99. The number of para-hydroxylation sites is 1. The molecule has 7 aromatic rings. The van der Waals surface area contributed by atoms with Crippen LogP contribution in [0.2, 0.25) is 0 Å². The van der Waals surface area contributed by atoms with Crippen LogP contribution in [0.1, 0.15) is 0 Å². The van der Waals surface area contributed by atoms with Gasteiger partial charge in [0.15, 0.2) is 0 Å². The number of aromatic nitrogens is 4. The summed E-state index contributed by atoms with van der Waals surface area (Å²) in [5.74, 6) is 0.636. The molecule has 0 atom stereocenters. The molecule has 1 N–H and O–H groups in total.